The van der Waals surface area contributed by atoms with Gasteiger partial charge >= 0.3 is 0 Å². The molecule has 0 bridgehead atoms. The quantitative estimate of drug-likeness (QED) is 0.858. The number of carbonyl (C=O) groups excluding carboxylic acids is 1. The third kappa shape index (κ3) is 3.24. The molecule has 0 spiro atoms. The van der Waals surface area contributed by atoms with E-state index in [1.165, 1.54) is 11.3 Å². The SMILES string of the molecule is CC(N)c1csc(NC(=O)C2CCCOC2)n1. The van der Waals surface area contributed by atoms with E-state index >= 15 is 0 Å². The number of ether oxygens (including phenoxy) is 1. The summed E-state index contributed by atoms with van der Waals surface area (Å²) in [5, 5.41) is 5.31. The van der Waals surface area contributed by atoms with Gasteiger partial charge in [-0.3, -0.25) is 4.79 Å². The number of thiazole rings is 1. The van der Waals surface area contributed by atoms with Crippen molar-refractivity contribution in [3.63, 3.8) is 0 Å². The Hall–Kier alpha value is -0.980. The molecule has 0 aliphatic carbocycles. The minimum Gasteiger partial charge on any atom is -0.381 e. The summed E-state index contributed by atoms with van der Waals surface area (Å²) >= 11 is 1.41. The van der Waals surface area contributed by atoms with Crippen molar-refractivity contribution < 1.29 is 9.53 Å². The Morgan fingerprint density at radius 2 is 2.59 bits per heavy atom. The molecule has 2 atom stereocenters. The number of amides is 1. The zero-order chi connectivity index (χ0) is 12.3. The van der Waals surface area contributed by atoms with Crippen LogP contribution in [0.5, 0.6) is 0 Å². The predicted molar refractivity (Wildman–Crippen MR) is 66.9 cm³/mol. The lowest BCUT2D eigenvalue weighted by molar-refractivity contribution is -0.123. The van der Waals surface area contributed by atoms with Crippen LogP contribution in [0.15, 0.2) is 5.38 Å². The van der Waals surface area contributed by atoms with Gasteiger partial charge in [-0.05, 0) is 19.8 Å². The largest absolute Gasteiger partial charge is 0.381 e. The maximum absolute atomic E-state index is 11.9. The average molecular weight is 255 g/mol. The highest BCUT2D eigenvalue weighted by atomic mass is 32.1. The molecule has 2 rings (SSSR count). The van der Waals surface area contributed by atoms with Gasteiger partial charge in [0.2, 0.25) is 5.91 Å². The third-order valence-electron chi connectivity index (χ3n) is 2.75. The summed E-state index contributed by atoms with van der Waals surface area (Å²) < 4.78 is 5.29. The van der Waals surface area contributed by atoms with Gasteiger partial charge in [0, 0.05) is 18.0 Å². The Labute approximate surface area is 104 Å². The van der Waals surface area contributed by atoms with Gasteiger partial charge in [-0.15, -0.1) is 11.3 Å². The molecule has 0 aromatic carbocycles. The number of nitrogens with two attached hydrogens (primary N) is 1. The first-order valence-electron chi connectivity index (χ1n) is 5.76. The summed E-state index contributed by atoms with van der Waals surface area (Å²) in [5.74, 6) is -0.0540. The number of hydrogen-bond donors (Lipinski definition) is 2. The van der Waals surface area contributed by atoms with Gasteiger partial charge in [-0.25, -0.2) is 4.98 Å². The van der Waals surface area contributed by atoms with Gasteiger partial charge in [0.25, 0.3) is 0 Å². The van der Waals surface area contributed by atoms with E-state index in [-0.39, 0.29) is 17.9 Å². The second-order valence-electron chi connectivity index (χ2n) is 4.27. The van der Waals surface area contributed by atoms with Gasteiger partial charge in [-0.2, -0.15) is 0 Å². The molecule has 5 nitrogen and oxygen atoms in total. The first-order chi connectivity index (χ1) is 8.16. The van der Waals surface area contributed by atoms with Gasteiger partial charge in [-0.1, -0.05) is 0 Å². The van der Waals surface area contributed by atoms with Crippen LogP contribution >= 0.6 is 11.3 Å². The van der Waals surface area contributed by atoms with Crippen LogP contribution in [0.3, 0.4) is 0 Å². The molecule has 0 radical (unpaired) electrons. The average Bonchev–Trinajstić information content (AvgIpc) is 2.79. The van der Waals surface area contributed by atoms with Crippen molar-refractivity contribution in [2.75, 3.05) is 18.5 Å². The zero-order valence-corrected chi connectivity index (χ0v) is 10.6. The molecule has 1 saturated heterocycles. The van der Waals surface area contributed by atoms with Crippen LogP contribution in [0.25, 0.3) is 0 Å². The summed E-state index contributed by atoms with van der Waals surface area (Å²) in [6, 6.07) is -0.102. The summed E-state index contributed by atoms with van der Waals surface area (Å²) in [6.45, 7) is 3.14. The lowest BCUT2D eigenvalue weighted by atomic mass is 10.0. The summed E-state index contributed by atoms with van der Waals surface area (Å²) in [4.78, 5) is 16.2. The fraction of sp³-hybridized carbons (Fsp3) is 0.636. The number of carbonyl (C=O) groups is 1. The topological polar surface area (TPSA) is 77.2 Å². The lowest BCUT2D eigenvalue weighted by Crippen LogP contribution is -2.30. The van der Waals surface area contributed by atoms with Crippen LogP contribution in [0.4, 0.5) is 5.13 Å². The Kier molecular flexibility index (Phi) is 4.09. The van der Waals surface area contributed by atoms with E-state index in [4.69, 9.17) is 10.5 Å². The van der Waals surface area contributed by atoms with Gasteiger partial charge < -0.3 is 15.8 Å². The molecule has 6 heteroatoms. The summed E-state index contributed by atoms with van der Waals surface area (Å²) in [6.07, 6.45) is 1.83. The molecule has 1 amide bonds. The fourth-order valence-electron chi connectivity index (χ4n) is 1.71. The monoisotopic (exact) mass is 255 g/mol. The third-order valence-corrected chi connectivity index (χ3v) is 3.53. The summed E-state index contributed by atoms with van der Waals surface area (Å²) in [7, 11) is 0. The second-order valence-corrected chi connectivity index (χ2v) is 5.13. The van der Waals surface area contributed by atoms with Gasteiger partial charge in [0.1, 0.15) is 0 Å². The van der Waals surface area contributed by atoms with Crippen molar-refractivity contribution in [1.29, 1.82) is 0 Å². The minimum absolute atomic E-state index is 0.00438. The van der Waals surface area contributed by atoms with E-state index < -0.39 is 0 Å². The van der Waals surface area contributed by atoms with Crippen molar-refractivity contribution in [1.82, 2.24) is 4.98 Å². The molecule has 0 saturated carbocycles. The van der Waals surface area contributed by atoms with E-state index in [2.05, 4.69) is 10.3 Å². The molecule has 1 fully saturated rings. The predicted octanol–water partition coefficient (Wildman–Crippen LogP) is 1.53. The first kappa shape index (κ1) is 12.5. The van der Waals surface area contributed by atoms with Crippen molar-refractivity contribution in [2.45, 2.75) is 25.8 Å². The molecule has 3 N–H and O–H groups in total. The maximum atomic E-state index is 11.9. The molecule has 1 aromatic rings. The van der Waals surface area contributed by atoms with E-state index in [0.29, 0.717) is 11.7 Å². The number of aromatic nitrogens is 1. The summed E-state index contributed by atoms with van der Waals surface area (Å²) in [5.41, 5.74) is 6.52. The molecule has 17 heavy (non-hydrogen) atoms. The Morgan fingerprint density at radius 3 is 3.18 bits per heavy atom. The molecular weight excluding hydrogens is 238 g/mol. The molecule has 1 aliphatic heterocycles. The molecule has 2 unspecified atom stereocenters. The highest BCUT2D eigenvalue weighted by Gasteiger charge is 2.22. The van der Waals surface area contributed by atoms with E-state index in [0.717, 1.165) is 25.1 Å². The highest BCUT2D eigenvalue weighted by molar-refractivity contribution is 7.13. The lowest BCUT2D eigenvalue weighted by Gasteiger charge is -2.20. The number of hydrogen-bond acceptors (Lipinski definition) is 5. The van der Waals surface area contributed by atoms with Crippen molar-refractivity contribution in [3.8, 4) is 0 Å². The Bertz CT molecular complexity index is 386. The van der Waals surface area contributed by atoms with Crippen molar-refractivity contribution >= 4 is 22.4 Å². The van der Waals surface area contributed by atoms with Crippen LogP contribution < -0.4 is 11.1 Å². The van der Waals surface area contributed by atoms with E-state index in [1.54, 1.807) is 0 Å². The van der Waals surface area contributed by atoms with Crippen molar-refractivity contribution in [3.05, 3.63) is 11.1 Å². The van der Waals surface area contributed by atoms with Crippen molar-refractivity contribution in [2.24, 2.45) is 11.7 Å². The van der Waals surface area contributed by atoms with E-state index in [9.17, 15) is 4.79 Å². The van der Waals surface area contributed by atoms with E-state index in [1.807, 2.05) is 12.3 Å². The van der Waals surface area contributed by atoms with Crippen LogP contribution in [-0.4, -0.2) is 24.1 Å². The number of nitrogens with zero attached hydrogens (tertiary/aromatic N) is 1. The van der Waals surface area contributed by atoms with Gasteiger partial charge in [0.15, 0.2) is 5.13 Å². The molecule has 1 aromatic heterocycles. The fourth-order valence-corrected chi connectivity index (χ4v) is 2.53. The van der Waals surface area contributed by atoms with Crippen LogP contribution in [0.1, 0.15) is 31.5 Å². The Morgan fingerprint density at radius 1 is 1.76 bits per heavy atom. The molecule has 94 valence electrons. The Balaban J connectivity index is 1.92. The molecular formula is C11H17N3O2S. The number of nitrogens with one attached hydrogen (secondary N) is 1. The number of anilines is 1. The van der Waals surface area contributed by atoms with Crippen LogP contribution in [0, 0.1) is 5.92 Å². The maximum Gasteiger partial charge on any atom is 0.231 e. The molecule has 1 aliphatic rings. The second kappa shape index (κ2) is 5.57. The molecule has 2 heterocycles. The van der Waals surface area contributed by atoms with Gasteiger partial charge in [0.05, 0.1) is 18.2 Å². The first-order valence-corrected chi connectivity index (χ1v) is 6.64. The van der Waals surface area contributed by atoms with Crippen LogP contribution in [-0.2, 0) is 9.53 Å². The normalized spacial score (nSPS) is 22.1. The highest BCUT2D eigenvalue weighted by Crippen LogP contribution is 2.21. The standard InChI is InChI=1S/C11H17N3O2S/c1-7(12)9-6-17-11(13-9)14-10(15)8-3-2-4-16-5-8/h6-8H,2-5,12H2,1H3,(H,13,14,15). The zero-order valence-electron chi connectivity index (χ0n) is 9.81. The minimum atomic E-state index is -0.102. The smallest absolute Gasteiger partial charge is 0.231 e. The van der Waals surface area contributed by atoms with Crippen LogP contribution in [0.2, 0.25) is 0 Å². The number of rotatable bonds is 3.